The highest BCUT2D eigenvalue weighted by Gasteiger charge is 2.27. The zero-order valence-corrected chi connectivity index (χ0v) is 15.6. The molecule has 146 valence electrons. The molecular formula is C21H21NO6. The van der Waals surface area contributed by atoms with Crippen molar-refractivity contribution in [1.29, 1.82) is 0 Å². The van der Waals surface area contributed by atoms with Gasteiger partial charge in [-0.15, -0.1) is 0 Å². The molecule has 0 aliphatic carbocycles. The first kappa shape index (κ1) is 19.4. The van der Waals surface area contributed by atoms with Crippen LogP contribution < -0.4 is 14.8 Å². The number of aliphatic carboxylic acids is 1. The highest BCUT2D eigenvalue weighted by Crippen LogP contribution is 2.28. The number of amides is 1. The van der Waals surface area contributed by atoms with Crippen LogP contribution in [0.4, 0.5) is 0 Å². The number of nitrogens with one attached hydrogen (secondary N) is 1. The summed E-state index contributed by atoms with van der Waals surface area (Å²) >= 11 is 0. The quantitative estimate of drug-likeness (QED) is 0.713. The molecule has 0 saturated carbocycles. The number of rotatable bonds is 7. The van der Waals surface area contributed by atoms with Crippen molar-refractivity contribution in [3.05, 3.63) is 59.2 Å². The van der Waals surface area contributed by atoms with Crippen LogP contribution in [0.1, 0.15) is 41.4 Å². The van der Waals surface area contributed by atoms with Crippen LogP contribution >= 0.6 is 0 Å². The summed E-state index contributed by atoms with van der Waals surface area (Å²) in [6.45, 7) is 3.52. The first-order chi connectivity index (χ1) is 13.3. The Bertz CT molecular complexity index is 923. The van der Waals surface area contributed by atoms with Gasteiger partial charge in [0.25, 0.3) is 5.91 Å². The summed E-state index contributed by atoms with van der Waals surface area (Å²) in [6, 6.07) is 10.4. The molecule has 0 radical (unpaired) electrons. The Morgan fingerprint density at radius 1 is 1.18 bits per heavy atom. The van der Waals surface area contributed by atoms with Gasteiger partial charge in [-0.3, -0.25) is 9.59 Å². The number of carbonyl (C=O) groups excluding carboxylic acids is 2. The molecule has 0 spiro atoms. The largest absolute Gasteiger partial charge is 0.493 e. The molecule has 2 aromatic carbocycles. The number of ketones is 1. The van der Waals surface area contributed by atoms with Crippen molar-refractivity contribution in [2.45, 2.75) is 32.4 Å². The van der Waals surface area contributed by atoms with E-state index in [1.807, 2.05) is 0 Å². The number of carbonyl (C=O) groups is 3. The molecule has 7 nitrogen and oxygen atoms in total. The van der Waals surface area contributed by atoms with Crippen molar-refractivity contribution in [2.24, 2.45) is 0 Å². The second-order valence-corrected chi connectivity index (χ2v) is 6.59. The van der Waals surface area contributed by atoms with Gasteiger partial charge in [-0.2, -0.15) is 0 Å². The summed E-state index contributed by atoms with van der Waals surface area (Å²) in [4.78, 5) is 35.7. The van der Waals surface area contributed by atoms with Crippen molar-refractivity contribution < 1.29 is 29.0 Å². The van der Waals surface area contributed by atoms with Crippen LogP contribution in [-0.4, -0.2) is 35.5 Å². The Hall–Kier alpha value is -3.35. The summed E-state index contributed by atoms with van der Waals surface area (Å²) in [5.41, 5.74) is 1.85. The molecule has 2 unspecified atom stereocenters. The molecule has 2 aromatic rings. The fourth-order valence-electron chi connectivity index (χ4n) is 2.98. The molecule has 7 heteroatoms. The monoisotopic (exact) mass is 383 g/mol. The summed E-state index contributed by atoms with van der Waals surface area (Å²) < 4.78 is 11.0. The minimum atomic E-state index is -1.20. The third-order valence-corrected chi connectivity index (χ3v) is 4.50. The Morgan fingerprint density at radius 2 is 1.96 bits per heavy atom. The maximum atomic E-state index is 12.5. The molecule has 1 heterocycles. The third kappa shape index (κ3) is 4.31. The fraction of sp³-hybridized carbons (Fsp3) is 0.286. The first-order valence-electron chi connectivity index (χ1n) is 8.91. The molecule has 28 heavy (non-hydrogen) atoms. The highest BCUT2D eigenvalue weighted by molar-refractivity contribution is 5.94. The Balaban J connectivity index is 1.71. The number of hydrogen-bond acceptors (Lipinski definition) is 5. The Morgan fingerprint density at radius 3 is 2.68 bits per heavy atom. The number of carboxylic acid groups (broad SMARTS) is 1. The number of fused-ring (bicyclic) bond motifs is 1. The fourth-order valence-corrected chi connectivity index (χ4v) is 2.98. The van der Waals surface area contributed by atoms with Crippen molar-refractivity contribution in [3.8, 4) is 11.5 Å². The van der Waals surface area contributed by atoms with Crippen LogP contribution in [0.15, 0.2) is 42.5 Å². The summed E-state index contributed by atoms with van der Waals surface area (Å²) in [7, 11) is 0. The maximum absolute atomic E-state index is 12.5. The number of benzene rings is 2. The smallest absolute Gasteiger partial charge is 0.330 e. The van der Waals surface area contributed by atoms with E-state index < -0.39 is 24.0 Å². The average Bonchev–Trinajstić information content (AvgIpc) is 3.13. The van der Waals surface area contributed by atoms with Gasteiger partial charge in [-0.1, -0.05) is 18.2 Å². The van der Waals surface area contributed by atoms with E-state index in [0.29, 0.717) is 29.9 Å². The Kier molecular flexibility index (Phi) is 5.63. The lowest BCUT2D eigenvalue weighted by atomic mass is 10.0. The van der Waals surface area contributed by atoms with Gasteiger partial charge < -0.3 is 19.9 Å². The highest BCUT2D eigenvalue weighted by atomic mass is 16.5. The van der Waals surface area contributed by atoms with Crippen LogP contribution in [0.3, 0.4) is 0 Å². The molecule has 2 atom stereocenters. The van der Waals surface area contributed by atoms with Gasteiger partial charge in [-0.05, 0) is 49.2 Å². The predicted molar refractivity (Wildman–Crippen MR) is 101 cm³/mol. The van der Waals surface area contributed by atoms with Crippen molar-refractivity contribution in [2.75, 3.05) is 6.61 Å². The SMILES string of the molecule is CC(=O)c1cccc(OC(C)C(=O)NC(C(=O)O)c2ccc3c(c2)CCO3)c1. The van der Waals surface area contributed by atoms with Gasteiger partial charge >= 0.3 is 5.97 Å². The van der Waals surface area contributed by atoms with E-state index >= 15 is 0 Å². The van der Waals surface area contributed by atoms with Gasteiger partial charge in [0, 0.05) is 12.0 Å². The van der Waals surface area contributed by atoms with Crippen molar-refractivity contribution in [1.82, 2.24) is 5.32 Å². The topological polar surface area (TPSA) is 102 Å². The summed E-state index contributed by atoms with van der Waals surface area (Å²) in [5, 5.41) is 12.1. The van der Waals surface area contributed by atoms with Crippen LogP contribution in [0.2, 0.25) is 0 Å². The zero-order chi connectivity index (χ0) is 20.3. The van der Waals surface area contributed by atoms with Crippen LogP contribution in [0.25, 0.3) is 0 Å². The second kappa shape index (κ2) is 8.12. The molecule has 0 bridgehead atoms. The number of carboxylic acids is 1. The van der Waals surface area contributed by atoms with E-state index in [2.05, 4.69) is 5.32 Å². The van der Waals surface area contributed by atoms with Gasteiger partial charge in [0.1, 0.15) is 11.5 Å². The molecule has 2 N–H and O–H groups in total. The van der Waals surface area contributed by atoms with Gasteiger partial charge in [0.15, 0.2) is 17.9 Å². The molecule has 0 fully saturated rings. The van der Waals surface area contributed by atoms with Gasteiger partial charge in [0.2, 0.25) is 0 Å². The molecular weight excluding hydrogens is 362 g/mol. The molecule has 1 amide bonds. The normalized spacial score (nSPS) is 14.4. The summed E-state index contributed by atoms with van der Waals surface area (Å²) in [5.74, 6) is -0.761. The number of ether oxygens (including phenoxy) is 2. The standard InChI is InChI=1S/C21H21NO6/c1-12(23)14-4-3-5-17(11-14)28-13(2)20(24)22-19(21(25)26)16-6-7-18-15(10-16)8-9-27-18/h3-7,10-11,13,19H,8-9H2,1-2H3,(H,22,24)(H,25,26). The van der Waals surface area contributed by atoms with Gasteiger partial charge in [-0.25, -0.2) is 4.79 Å². The van der Waals surface area contributed by atoms with Crippen LogP contribution in [0.5, 0.6) is 11.5 Å². The van der Waals surface area contributed by atoms with E-state index in [4.69, 9.17) is 9.47 Å². The average molecular weight is 383 g/mol. The van der Waals surface area contributed by atoms with E-state index in [1.54, 1.807) is 42.5 Å². The van der Waals surface area contributed by atoms with Crippen LogP contribution in [-0.2, 0) is 16.0 Å². The maximum Gasteiger partial charge on any atom is 0.330 e. The minimum absolute atomic E-state index is 0.117. The number of hydrogen-bond donors (Lipinski definition) is 2. The Labute approximate surface area is 162 Å². The molecule has 0 aromatic heterocycles. The van der Waals surface area contributed by atoms with E-state index in [-0.39, 0.29) is 5.78 Å². The zero-order valence-electron chi connectivity index (χ0n) is 15.6. The molecule has 3 rings (SSSR count). The van der Waals surface area contributed by atoms with E-state index in [0.717, 1.165) is 11.3 Å². The second-order valence-electron chi connectivity index (χ2n) is 6.59. The lowest BCUT2D eigenvalue weighted by Crippen LogP contribution is -2.41. The first-order valence-corrected chi connectivity index (χ1v) is 8.91. The number of Topliss-reactive ketones (excluding diaryl/α,β-unsaturated/α-hetero) is 1. The molecule has 1 aliphatic heterocycles. The molecule has 0 saturated heterocycles. The predicted octanol–water partition coefficient (Wildman–Crippen LogP) is 2.53. The van der Waals surface area contributed by atoms with Crippen molar-refractivity contribution in [3.63, 3.8) is 0 Å². The van der Waals surface area contributed by atoms with Crippen LogP contribution in [0, 0.1) is 0 Å². The van der Waals surface area contributed by atoms with Crippen molar-refractivity contribution >= 4 is 17.7 Å². The molecule has 1 aliphatic rings. The third-order valence-electron chi connectivity index (χ3n) is 4.50. The van der Waals surface area contributed by atoms with E-state index in [9.17, 15) is 19.5 Å². The van der Waals surface area contributed by atoms with E-state index in [1.165, 1.54) is 13.8 Å². The van der Waals surface area contributed by atoms with Gasteiger partial charge in [0.05, 0.1) is 6.61 Å². The lowest BCUT2D eigenvalue weighted by molar-refractivity contribution is -0.143. The summed E-state index contributed by atoms with van der Waals surface area (Å²) in [6.07, 6.45) is -0.239. The minimum Gasteiger partial charge on any atom is -0.493 e. The lowest BCUT2D eigenvalue weighted by Gasteiger charge is -2.20.